The number of anilines is 1. The van der Waals surface area contributed by atoms with Crippen LogP contribution in [-0.2, 0) is 9.47 Å². The van der Waals surface area contributed by atoms with Crippen LogP contribution in [0, 0.1) is 0 Å². The van der Waals surface area contributed by atoms with Crippen LogP contribution in [0.1, 0.15) is 25.7 Å². The quantitative estimate of drug-likeness (QED) is 0.805. The third-order valence-electron chi connectivity index (χ3n) is 3.76. The van der Waals surface area contributed by atoms with Gasteiger partial charge in [0.25, 0.3) is 0 Å². The van der Waals surface area contributed by atoms with Crippen LogP contribution in [0.5, 0.6) is 0 Å². The van der Waals surface area contributed by atoms with E-state index in [0.717, 1.165) is 44.6 Å². The Kier molecular flexibility index (Phi) is 3.50. The highest BCUT2D eigenvalue weighted by Gasteiger charge is 2.40. The molecule has 2 aliphatic rings. The molecule has 98 valence electrons. The Hall–Kier alpha value is -1.10. The minimum absolute atomic E-state index is 0.259. The zero-order valence-corrected chi connectivity index (χ0v) is 10.5. The molecule has 0 radical (unpaired) electrons. The highest BCUT2D eigenvalue weighted by atomic mass is 16.7. The Balaban J connectivity index is 1.46. The zero-order chi connectivity index (χ0) is 12.3. The molecule has 1 aromatic carbocycles. The van der Waals surface area contributed by atoms with Crippen molar-refractivity contribution in [2.75, 3.05) is 18.6 Å². The number of ether oxygens (including phenoxy) is 2. The maximum absolute atomic E-state index is 5.72. The first-order valence-corrected chi connectivity index (χ1v) is 6.71. The lowest BCUT2D eigenvalue weighted by Crippen LogP contribution is -2.43. The number of hydrazine groups is 1. The van der Waals surface area contributed by atoms with Gasteiger partial charge in [-0.05, 0) is 25.0 Å². The van der Waals surface area contributed by atoms with E-state index in [-0.39, 0.29) is 5.79 Å². The van der Waals surface area contributed by atoms with Gasteiger partial charge in [0.1, 0.15) is 0 Å². The molecule has 0 amide bonds. The second-order valence-corrected chi connectivity index (χ2v) is 5.02. The van der Waals surface area contributed by atoms with E-state index in [1.54, 1.807) is 0 Å². The van der Waals surface area contributed by atoms with Gasteiger partial charge in [-0.3, -0.25) is 0 Å². The van der Waals surface area contributed by atoms with Crippen LogP contribution in [0.3, 0.4) is 0 Å². The molecule has 2 N–H and O–H groups in total. The van der Waals surface area contributed by atoms with Gasteiger partial charge in [-0.1, -0.05) is 18.2 Å². The van der Waals surface area contributed by atoms with Crippen LogP contribution in [0.25, 0.3) is 0 Å². The smallest absolute Gasteiger partial charge is 0.168 e. The lowest BCUT2D eigenvalue weighted by Gasteiger charge is -2.35. The summed E-state index contributed by atoms with van der Waals surface area (Å²) in [6, 6.07) is 10.7. The molecule has 1 spiro atoms. The van der Waals surface area contributed by atoms with E-state index in [1.807, 2.05) is 18.2 Å². The normalized spacial score (nSPS) is 23.3. The number of nitrogens with one attached hydrogen (secondary N) is 2. The second kappa shape index (κ2) is 5.26. The van der Waals surface area contributed by atoms with Gasteiger partial charge >= 0.3 is 0 Å². The molecule has 0 unspecified atom stereocenters. The number of hydrogen-bond donors (Lipinski definition) is 2. The minimum atomic E-state index is -0.259. The van der Waals surface area contributed by atoms with Gasteiger partial charge < -0.3 is 14.9 Å². The Morgan fingerprint density at radius 1 is 1.00 bits per heavy atom. The van der Waals surface area contributed by atoms with Gasteiger partial charge in [0.15, 0.2) is 5.79 Å². The maximum Gasteiger partial charge on any atom is 0.168 e. The summed E-state index contributed by atoms with van der Waals surface area (Å²) in [7, 11) is 0. The number of para-hydroxylation sites is 1. The lowest BCUT2D eigenvalue weighted by molar-refractivity contribution is -0.179. The van der Waals surface area contributed by atoms with Crippen LogP contribution in [0.4, 0.5) is 5.69 Å². The summed E-state index contributed by atoms with van der Waals surface area (Å²) in [5, 5.41) is 0. The lowest BCUT2D eigenvalue weighted by atomic mass is 9.90. The first-order chi connectivity index (χ1) is 8.86. The van der Waals surface area contributed by atoms with Crippen molar-refractivity contribution in [3.8, 4) is 0 Å². The fourth-order valence-corrected chi connectivity index (χ4v) is 2.69. The van der Waals surface area contributed by atoms with Gasteiger partial charge in [-0.2, -0.15) is 0 Å². The largest absolute Gasteiger partial charge is 0.348 e. The standard InChI is InChI=1S/C14H20N2O2/c1-2-4-12(5-3-1)15-16-13-6-8-14(9-7-13)17-10-11-18-14/h1-5,13,15-16H,6-11H2. The average molecular weight is 248 g/mol. The fraction of sp³-hybridized carbons (Fsp3) is 0.571. The molecule has 1 aliphatic heterocycles. The predicted octanol–water partition coefficient (Wildman–Crippen LogP) is 2.29. The second-order valence-electron chi connectivity index (χ2n) is 5.02. The summed E-state index contributed by atoms with van der Waals surface area (Å²) in [5.74, 6) is -0.259. The van der Waals surface area contributed by atoms with Gasteiger partial charge in [0.2, 0.25) is 0 Å². The molecule has 1 saturated heterocycles. The molecule has 18 heavy (non-hydrogen) atoms. The topological polar surface area (TPSA) is 42.5 Å². The summed E-state index contributed by atoms with van der Waals surface area (Å²) in [4.78, 5) is 0. The Morgan fingerprint density at radius 3 is 2.33 bits per heavy atom. The van der Waals surface area contributed by atoms with Gasteiger partial charge in [0.05, 0.1) is 13.2 Å². The molecule has 4 heteroatoms. The molecule has 1 aromatic rings. The van der Waals surface area contributed by atoms with Crippen LogP contribution < -0.4 is 10.9 Å². The summed E-state index contributed by atoms with van der Waals surface area (Å²) in [6.07, 6.45) is 4.14. The van der Waals surface area contributed by atoms with E-state index in [9.17, 15) is 0 Å². The monoisotopic (exact) mass is 248 g/mol. The number of hydrogen-bond acceptors (Lipinski definition) is 4. The van der Waals surface area contributed by atoms with Crippen LogP contribution >= 0.6 is 0 Å². The Bertz CT molecular complexity index is 367. The van der Waals surface area contributed by atoms with E-state index in [4.69, 9.17) is 9.47 Å². The van der Waals surface area contributed by atoms with Crippen molar-refractivity contribution >= 4 is 5.69 Å². The first kappa shape index (κ1) is 12.0. The van der Waals surface area contributed by atoms with Crippen molar-refractivity contribution in [1.82, 2.24) is 5.43 Å². The van der Waals surface area contributed by atoms with Crippen molar-refractivity contribution in [3.05, 3.63) is 30.3 Å². The molecule has 0 aromatic heterocycles. The van der Waals surface area contributed by atoms with Crippen molar-refractivity contribution in [2.45, 2.75) is 37.5 Å². The predicted molar refractivity (Wildman–Crippen MR) is 70.1 cm³/mol. The van der Waals surface area contributed by atoms with E-state index in [1.165, 1.54) is 0 Å². The maximum atomic E-state index is 5.72. The first-order valence-electron chi connectivity index (χ1n) is 6.71. The van der Waals surface area contributed by atoms with Crippen LogP contribution in [0.2, 0.25) is 0 Å². The number of rotatable bonds is 3. The zero-order valence-electron chi connectivity index (χ0n) is 10.5. The van der Waals surface area contributed by atoms with E-state index < -0.39 is 0 Å². The third kappa shape index (κ3) is 2.66. The minimum Gasteiger partial charge on any atom is -0.348 e. The van der Waals surface area contributed by atoms with Crippen LogP contribution in [0.15, 0.2) is 30.3 Å². The molecule has 2 fully saturated rings. The molecule has 1 saturated carbocycles. The highest BCUT2D eigenvalue weighted by Crippen LogP contribution is 2.35. The molecule has 0 bridgehead atoms. The van der Waals surface area contributed by atoms with Crippen molar-refractivity contribution in [1.29, 1.82) is 0 Å². The highest BCUT2D eigenvalue weighted by molar-refractivity contribution is 5.41. The van der Waals surface area contributed by atoms with Gasteiger partial charge in [-0.25, -0.2) is 5.43 Å². The van der Waals surface area contributed by atoms with Gasteiger partial charge in [-0.15, -0.1) is 0 Å². The summed E-state index contributed by atoms with van der Waals surface area (Å²) < 4.78 is 11.4. The van der Waals surface area contributed by atoms with E-state index in [2.05, 4.69) is 23.0 Å². The third-order valence-corrected chi connectivity index (χ3v) is 3.76. The molecule has 0 atom stereocenters. The molecular weight excluding hydrogens is 228 g/mol. The van der Waals surface area contributed by atoms with Crippen molar-refractivity contribution in [3.63, 3.8) is 0 Å². The van der Waals surface area contributed by atoms with Crippen molar-refractivity contribution in [2.24, 2.45) is 0 Å². The molecule has 1 heterocycles. The summed E-state index contributed by atoms with van der Waals surface area (Å²) in [6.45, 7) is 1.50. The summed E-state index contributed by atoms with van der Waals surface area (Å²) in [5.41, 5.74) is 7.75. The SMILES string of the molecule is c1ccc(NNC2CCC3(CC2)OCCO3)cc1. The van der Waals surface area contributed by atoms with E-state index in [0.29, 0.717) is 6.04 Å². The number of benzene rings is 1. The Labute approximate surface area is 108 Å². The van der Waals surface area contributed by atoms with Crippen molar-refractivity contribution < 1.29 is 9.47 Å². The molecular formula is C14H20N2O2. The average Bonchev–Trinajstić information content (AvgIpc) is 2.88. The summed E-state index contributed by atoms with van der Waals surface area (Å²) >= 11 is 0. The van der Waals surface area contributed by atoms with Gasteiger partial charge in [0, 0.05) is 24.6 Å². The molecule has 3 rings (SSSR count). The van der Waals surface area contributed by atoms with Crippen LogP contribution in [-0.4, -0.2) is 25.0 Å². The Morgan fingerprint density at radius 2 is 1.67 bits per heavy atom. The van der Waals surface area contributed by atoms with E-state index >= 15 is 0 Å². The molecule has 4 nitrogen and oxygen atoms in total. The molecule has 1 aliphatic carbocycles. The fourth-order valence-electron chi connectivity index (χ4n) is 2.69.